The van der Waals surface area contributed by atoms with E-state index in [9.17, 15) is 10.1 Å². The van der Waals surface area contributed by atoms with E-state index < -0.39 is 4.92 Å². The second-order valence-corrected chi connectivity index (χ2v) is 6.06. The quantitative estimate of drug-likeness (QED) is 0.210. The Balaban J connectivity index is 1.39. The highest BCUT2D eigenvalue weighted by molar-refractivity contribution is 5.79. The lowest BCUT2D eigenvalue weighted by molar-refractivity contribution is -0.384. The second kappa shape index (κ2) is 9.45. The summed E-state index contributed by atoms with van der Waals surface area (Å²) in [5.41, 5.74) is 1.71. The topological polar surface area (TPSA) is 110 Å². The van der Waals surface area contributed by atoms with Gasteiger partial charge in [0.05, 0.1) is 4.92 Å². The Morgan fingerprint density at radius 1 is 1.11 bits per heavy atom. The Morgan fingerprint density at radius 3 is 2.71 bits per heavy atom. The third kappa shape index (κ3) is 5.03. The molecule has 3 rings (SSSR count). The predicted molar refractivity (Wildman–Crippen MR) is 107 cm³/mol. The first kappa shape index (κ1) is 19.3. The number of hydrogen-bond donors (Lipinski definition) is 3. The summed E-state index contributed by atoms with van der Waals surface area (Å²) in [6.07, 6.45) is 0.811. The van der Waals surface area contributed by atoms with Gasteiger partial charge in [0.25, 0.3) is 5.69 Å². The zero-order valence-corrected chi connectivity index (χ0v) is 15.6. The number of ether oxygens (including phenoxy) is 2. The molecular weight excluding hydrogens is 362 g/mol. The van der Waals surface area contributed by atoms with Crippen LogP contribution >= 0.6 is 0 Å². The van der Waals surface area contributed by atoms with Crippen LogP contribution in [0.1, 0.15) is 5.56 Å². The number of benzene rings is 2. The molecule has 2 aromatic rings. The fourth-order valence-corrected chi connectivity index (χ4v) is 2.80. The SMILES string of the molecule is CN=C(NCCNc1ccccc1[N+](=O)[O-])NCCc1ccc2c(c1)OCO2. The molecule has 9 heteroatoms. The third-order valence-electron chi connectivity index (χ3n) is 4.20. The number of para-hydroxylation sites is 2. The van der Waals surface area contributed by atoms with Gasteiger partial charge in [-0.05, 0) is 30.2 Å². The average molecular weight is 385 g/mol. The van der Waals surface area contributed by atoms with Crippen molar-refractivity contribution in [2.75, 3.05) is 38.8 Å². The van der Waals surface area contributed by atoms with Gasteiger partial charge < -0.3 is 25.4 Å². The summed E-state index contributed by atoms with van der Waals surface area (Å²) in [4.78, 5) is 14.8. The third-order valence-corrected chi connectivity index (χ3v) is 4.20. The summed E-state index contributed by atoms with van der Waals surface area (Å²) in [6, 6.07) is 12.5. The number of fused-ring (bicyclic) bond motifs is 1. The summed E-state index contributed by atoms with van der Waals surface area (Å²) >= 11 is 0. The molecule has 0 bridgehead atoms. The summed E-state index contributed by atoms with van der Waals surface area (Å²) in [7, 11) is 1.70. The number of guanidine groups is 1. The normalized spacial score (nSPS) is 12.5. The number of nitrogens with one attached hydrogen (secondary N) is 3. The molecule has 0 radical (unpaired) electrons. The molecule has 0 spiro atoms. The zero-order chi connectivity index (χ0) is 19.8. The van der Waals surface area contributed by atoms with Crippen molar-refractivity contribution in [2.45, 2.75) is 6.42 Å². The fraction of sp³-hybridized carbons (Fsp3) is 0.316. The Bertz CT molecular complexity index is 856. The largest absolute Gasteiger partial charge is 0.454 e. The number of nitro benzene ring substituents is 1. The molecule has 1 heterocycles. The van der Waals surface area contributed by atoms with E-state index in [1.54, 1.807) is 25.2 Å². The van der Waals surface area contributed by atoms with Gasteiger partial charge in [-0.1, -0.05) is 18.2 Å². The standard InChI is InChI=1S/C19H23N5O4/c1-20-19(22-9-8-14-6-7-17-18(12-14)28-13-27-17)23-11-10-21-15-4-2-3-5-16(15)24(25)26/h2-7,12,21H,8-11,13H2,1H3,(H2,20,22,23). The Labute approximate surface area is 162 Å². The molecular formula is C19H23N5O4. The van der Waals surface area contributed by atoms with E-state index >= 15 is 0 Å². The van der Waals surface area contributed by atoms with Crippen molar-refractivity contribution in [3.63, 3.8) is 0 Å². The number of aliphatic imine (C=N–C) groups is 1. The van der Waals surface area contributed by atoms with E-state index in [2.05, 4.69) is 20.9 Å². The molecule has 0 aromatic heterocycles. The highest BCUT2D eigenvalue weighted by Crippen LogP contribution is 2.32. The molecule has 0 fully saturated rings. The lowest BCUT2D eigenvalue weighted by Crippen LogP contribution is -2.40. The maximum atomic E-state index is 11.0. The number of rotatable bonds is 8. The van der Waals surface area contributed by atoms with E-state index in [4.69, 9.17) is 9.47 Å². The van der Waals surface area contributed by atoms with Gasteiger partial charge in [-0.2, -0.15) is 0 Å². The maximum Gasteiger partial charge on any atom is 0.292 e. The van der Waals surface area contributed by atoms with E-state index in [0.717, 1.165) is 23.5 Å². The van der Waals surface area contributed by atoms with Gasteiger partial charge in [-0.3, -0.25) is 15.1 Å². The van der Waals surface area contributed by atoms with Crippen molar-refractivity contribution in [1.82, 2.24) is 10.6 Å². The Kier molecular flexibility index (Phi) is 6.50. The van der Waals surface area contributed by atoms with Crippen molar-refractivity contribution in [3.05, 3.63) is 58.1 Å². The van der Waals surface area contributed by atoms with Gasteiger partial charge >= 0.3 is 0 Å². The molecule has 2 aromatic carbocycles. The summed E-state index contributed by atoms with van der Waals surface area (Å²) < 4.78 is 10.7. The molecule has 1 aliphatic heterocycles. The van der Waals surface area contributed by atoms with Gasteiger partial charge in [0.2, 0.25) is 6.79 Å². The van der Waals surface area contributed by atoms with Crippen LogP contribution in [0.25, 0.3) is 0 Å². The van der Waals surface area contributed by atoms with Crippen molar-refractivity contribution in [1.29, 1.82) is 0 Å². The number of nitro groups is 1. The number of nitrogens with zero attached hydrogens (tertiary/aromatic N) is 2. The maximum absolute atomic E-state index is 11.0. The van der Waals surface area contributed by atoms with Gasteiger partial charge in [0.15, 0.2) is 17.5 Å². The second-order valence-electron chi connectivity index (χ2n) is 6.06. The molecule has 0 amide bonds. The zero-order valence-electron chi connectivity index (χ0n) is 15.6. The van der Waals surface area contributed by atoms with Crippen molar-refractivity contribution in [2.24, 2.45) is 4.99 Å². The minimum absolute atomic E-state index is 0.0636. The Morgan fingerprint density at radius 2 is 1.89 bits per heavy atom. The average Bonchev–Trinajstić information content (AvgIpc) is 3.17. The lowest BCUT2D eigenvalue weighted by Gasteiger charge is -2.13. The number of anilines is 1. The molecule has 9 nitrogen and oxygen atoms in total. The lowest BCUT2D eigenvalue weighted by atomic mass is 10.1. The van der Waals surface area contributed by atoms with Gasteiger partial charge in [0.1, 0.15) is 5.69 Å². The molecule has 0 atom stereocenters. The monoisotopic (exact) mass is 385 g/mol. The highest BCUT2D eigenvalue weighted by Gasteiger charge is 2.13. The van der Waals surface area contributed by atoms with E-state index in [1.807, 2.05) is 18.2 Å². The van der Waals surface area contributed by atoms with Crippen LogP contribution < -0.4 is 25.4 Å². The van der Waals surface area contributed by atoms with Crippen LogP contribution in [0.3, 0.4) is 0 Å². The molecule has 1 aliphatic rings. The van der Waals surface area contributed by atoms with Crippen LogP contribution in [0.5, 0.6) is 11.5 Å². The van der Waals surface area contributed by atoms with Crippen LogP contribution in [0.4, 0.5) is 11.4 Å². The van der Waals surface area contributed by atoms with Crippen molar-refractivity contribution < 1.29 is 14.4 Å². The summed E-state index contributed by atoms with van der Waals surface area (Å²) in [6.45, 7) is 2.06. The molecule has 0 saturated carbocycles. The smallest absolute Gasteiger partial charge is 0.292 e. The minimum atomic E-state index is -0.396. The van der Waals surface area contributed by atoms with Crippen LogP contribution in [-0.2, 0) is 6.42 Å². The van der Waals surface area contributed by atoms with Crippen LogP contribution in [0, 0.1) is 10.1 Å². The van der Waals surface area contributed by atoms with Crippen molar-refractivity contribution in [3.8, 4) is 11.5 Å². The number of hydrogen-bond acceptors (Lipinski definition) is 6. The van der Waals surface area contributed by atoms with E-state index in [1.165, 1.54) is 6.07 Å². The van der Waals surface area contributed by atoms with Crippen LogP contribution in [0.15, 0.2) is 47.5 Å². The van der Waals surface area contributed by atoms with Gasteiger partial charge in [0, 0.05) is 32.7 Å². The fourth-order valence-electron chi connectivity index (χ4n) is 2.80. The first-order valence-corrected chi connectivity index (χ1v) is 8.97. The predicted octanol–water partition coefficient (Wildman–Crippen LogP) is 2.14. The molecule has 28 heavy (non-hydrogen) atoms. The molecule has 0 saturated heterocycles. The van der Waals surface area contributed by atoms with E-state index in [0.29, 0.717) is 31.3 Å². The van der Waals surface area contributed by atoms with Gasteiger partial charge in [-0.25, -0.2) is 0 Å². The Hall–Kier alpha value is -3.49. The summed E-state index contributed by atoms with van der Waals surface area (Å²) in [5.74, 6) is 2.23. The molecule has 0 unspecified atom stereocenters. The van der Waals surface area contributed by atoms with Crippen molar-refractivity contribution >= 4 is 17.3 Å². The minimum Gasteiger partial charge on any atom is -0.454 e. The molecule has 148 valence electrons. The van der Waals surface area contributed by atoms with E-state index in [-0.39, 0.29) is 12.5 Å². The van der Waals surface area contributed by atoms with Crippen LogP contribution in [0.2, 0.25) is 0 Å². The highest BCUT2D eigenvalue weighted by atomic mass is 16.7. The summed E-state index contributed by atoms with van der Waals surface area (Å²) in [5, 5.41) is 20.5. The first-order valence-electron chi connectivity index (χ1n) is 8.97. The van der Waals surface area contributed by atoms with Gasteiger partial charge in [-0.15, -0.1) is 0 Å². The van der Waals surface area contributed by atoms with Crippen LogP contribution in [-0.4, -0.2) is 44.4 Å². The molecule has 0 aliphatic carbocycles. The first-order chi connectivity index (χ1) is 13.7. The molecule has 3 N–H and O–H groups in total.